The van der Waals surface area contributed by atoms with E-state index >= 15 is 0 Å². The fourth-order valence-electron chi connectivity index (χ4n) is 2.04. The second-order valence-electron chi connectivity index (χ2n) is 4.25. The highest BCUT2D eigenvalue weighted by Crippen LogP contribution is 2.07. The van der Waals surface area contributed by atoms with Crippen LogP contribution < -0.4 is 0 Å². The van der Waals surface area contributed by atoms with Gasteiger partial charge in [0.1, 0.15) is 5.69 Å². The van der Waals surface area contributed by atoms with Gasteiger partial charge in [-0.1, -0.05) is 0 Å². The van der Waals surface area contributed by atoms with Gasteiger partial charge in [-0.15, -0.1) is 0 Å². The van der Waals surface area contributed by atoms with Gasteiger partial charge in [0, 0.05) is 39.8 Å². The summed E-state index contributed by atoms with van der Waals surface area (Å²) in [5, 5.41) is 8.85. The average molecular weight is 238 g/mol. The Kier molecular flexibility index (Phi) is 3.75. The molecule has 0 atom stereocenters. The fraction of sp³-hybridized carbons (Fsp3) is 0.636. The number of aliphatic hydroxyl groups is 1. The molecule has 1 aromatic rings. The summed E-state index contributed by atoms with van der Waals surface area (Å²) < 4.78 is 1.74. The van der Waals surface area contributed by atoms with Gasteiger partial charge in [0.05, 0.1) is 19.1 Å². The molecule has 6 nitrogen and oxygen atoms in total. The van der Waals surface area contributed by atoms with Crippen LogP contribution in [0.4, 0.5) is 0 Å². The lowest BCUT2D eigenvalue weighted by atomic mass is 10.3. The van der Waals surface area contributed by atoms with E-state index in [9.17, 15) is 4.79 Å². The van der Waals surface area contributed by atoms with E-state index in [1.807, 2.05) is 11.9 Å². The fourth-order valence-corrected chi connectivity index (χ4v) is 2.04. The number of β-amino-alcohol motifs (C(OH)–C–C–N with tert-alkyl or cyclic N) is 1. The average Bonchev–Trinajstić information content (AvgIpc) is 2.76. The van der Waals surface area contributed by atoms with Crippen LogP contribution in [-0.4, -0.2) is 69.7 Å². The Balaban J connectivity index is 1.93. The van der Waals surface area contributed by atoms with E-state index in [0.717, 1.165) is 13.1 Å². The van der Waals surface area contributed by atoms with E-state index in [4.69, 9.17) is 5.11 Å². The number of aliphatic hydroxyl groups excluding tert-OH is 1. The molecule has 6 heteroatoms. The van der Waals surface area contributed by atoms with Gasteiger partial charge in [-0.05, 0) is 0 Å². The first kappa shape index (κ1) is 12.1. The molecule has 0 radical (unpaired) electrons. The third-order valence-electron chi connectivity index (χ3n) is 3.11. The van der Waals surface area contributed by atoms with Crippen LogP contribution in [0.15, 0.2) is 12.5 Å². The summed E-state index contributed by atoms with van der Waals surface area (Å²) in [5.74, 6) is 0.0358. The molecule has 0 aliphatic carbocycles. The normalized spacial score (nSPS) is 17.4. The number of hydrogen-bond acceptors (Lipinski definition) is 4. The highest BCUT2D eigenvalue weighted by atomic mass is 16.3. The van der Waals surface area contributed by atoms with Crippen molar-refractivity contribution in [2.75, 3.05) is 39.3 Å². The second kappa shape index (κ2) is 5.29. The Morgan fingerprint density at radius 2 is 2.12 bits per heavy atom. The number of aryl methyl sites for hydroxylation is 1. The van der Waals surface area contributed by atoms with Crippen LogP contribution in [-0.2, 0) is 7.05 Å². The molecule has 0 unspecified atom stereocenters. The number of aromatic nitrogens is 2. The molecule has 0 spiro atoms. The summed E-state index contributed by atoms with van der Waals surface area (Å²) in [6.07, 6.45) is 3.23. The van der Waals surface area contributed by atoms with E-state index in [1.54, 1.807) is 17.1 Å². The smallest absolute Gasteiger partial charge is 0.272 e. The molecule has 0 saturated carbocycles. The highest BCUT2D eigenvalue weighted by molar-refractivity contribution is 5.92. The standard InChI is InChI=1S/C11H18N4O2/c1-13-9-12-8-10(13)11(17)15-4-2-14(3-5-15)6-7-16/h8-9,16H,2-7H2,1H3. The number of hydrogen-bond donors (Lipinski definition) is 1. The number of nitrogens with zero attached hydrogens (tertiary/aromatic N) is 4. The van der Waals surface area contributed by atoms with Crippen molar-refractivity contribution < 1.29 is 9.90 Å². The minimum atomic E-state index is 0.0358. The predicted molar refractivity (Wildman–Crippen MR) is 62.6 cm³/mol. The molecule has 1 saturated heterocycles. The van der Waals surface area contributed by atoms with Gasteiger partial charge in [0.2, 0.25) is 0 Å². The van der Waals surface area contributed by atoms with Crippen molar-refractivity contribution in [3.05, 3.63) is 18.2 Å². The number of imidazole rings is 1. The maximum absolute atomic E-state index is 12.1. The van der Waals surface area contributed by atoms with Crippen molar-refractivity contribution >= 4 is 5.91 Å². The lowest BCUT2D eigenvalue weighted by molar-refractivity contribution is 0.0606. The summed E-state index contributed by atoms with van der Waals surface area (Å²) in [5.41, 5.74) is 0.626. The molecule has 1 aliphatic heterocycles. The maximum Gasteiger partial charge on any atom is 0.272 e. The van der Waals surface area contributed by atoms with E-state index in [1.165, 1.54) is 0 Å². The third kappa shape index (κ3) is 2.65. The summed E-state index contributed by atoms with van der Waals surface area (Å²) in [7, 11) is 1.82. The van der Waals surface area contributed by atoms with Gasteiger partial charge in [-0.3, -0.25) is 9.69 Å². The molecule has 0 aromatic carbocycles. The monoisotopic (exact) mass is 238 g/mol. The Bertz CT molecular complexity index is 383. The number of piperazine rings is 1. The van der Waals surface area contributed by atoms with Crippen LogP contribution in [0.2, 0.25) is 0 Å². The van der Waals surface area contributed by atoms with E-state index in [0.29, 0.717) is 25.3 Å². The van der Waals surface area contributed by atoms with Crippen LogP contribution in [0.5, 0.6) is 0 Å². The molecule has 94 valence electrons. The molecule has 1 aromatic heterocycles. The second-order valence-corrected chi connectivity index (χ2v) is 4.25. The van der Waals surface area contributed by atoms with Crippen LogP contribution in [0.3, 0.4) is 0 Å². The molecule has 2 rings (SSSR count). The van der Waals surface area contributed by atoms with Crippen molar-refractivity contribution in [2.45, 2.75) is 0 Å². The first-order chi connectivity index (χ1) is 8.22. The summed E-state index contributed by atoms with van der Waals surface area (Å²) in [4.78, 5) is 20.1. The van der Waals surface area contributed by atoms with Crippen molar-refractivity contribution in [3.63, 3.8) is 0 Å². The minimum Gasteiger partial charge on any atom is -0.395 e. The first-order valence-corrected chi connectivity index (χ1v) is 5.81. The Morgan fingerprint density at radius 3 is 2.65 bits per heavy atom. The molecule has 17 heavy (non-hydrogen) atoms. The van der Waals surface area contributed by atoms with Crippen molar-refractivity contribution in [1.82, 2.24) is 19.4 Å². The molecule has 1 aliphatic rings. The van der Waals surface area contributed by atoms with E-state index < -0.39 is 0 Å². The van der Waals surface area contributed by atoms with E-state index in [2.05, 4.69) is 9.88 Å². The SMILES string of the molecule is Cn1cncc1C(=O)N1CCN(CCO)CC1. The zero-order chi connectivity index (χ0) is 12.3. The molecule has 0 bridgehead atoms. The maximum atomic E-state index is 12.1. The quantitative estimate of drug-likeness (QED) is 0.746. The zero-order valence-corrected chi connectivity index (χ0v) is 10.0. The Labute approximate surface area is 100 Å². The van der Waals surface area contributed by atoms with Gasteiger partial charge in [-0.25, -0.2) is 4.98 Å². The van der Waals surface area contributed by atoms with Crippen LogP contribution in [0.1, 0.15) is 10.5 Å². The Morgan fingerprint density at radius 1 is 1.41 bits per heavy atom. The number of carbonyl (C=O) groups is 1. The molecular weight excluding hydrogens is 220 g/mol. The van der Waals surface area contributed by atoms with Crippen LogP contribution >= 0.6 is 0 Å². The van der Waals surface area contributed by atoms with Gasteiger partial charge >= 0.3 is 0 Å². The highest BCUT2D eigenvalue weighted by Gasteiger charge is 2.23. The zero-order valence-electron chi connectivity index (χ0n) is 10.0. The van der Waals surface area contributed by atoms with Gasteiger partial charge in [-0.2, -0.15) is 0 Å². The number of carbonyl (C=O) groups excluding carboxylic acids is 1. The topological polar surface area (TPSA) is 61.6 Å². The molecular formula is C11H18N4O2. The lowest BCUT2D eigenvalue weighted by Crippen LogP contribution is -2.49. The van der Waals surface area contributed by atoms with Crippen molar-refractivity contribution in [2.24, 2.45) is 7.05 Å². The first-order valence-electron chi connectivity index (χ1n) is 5.81. The summed E-state index contributed by atoms with van der Waals surface area (Å²) in [6.45, 7) is 3.94. The third-order valence-corrected chi connectivity index (χ3v) is 3.11. The van der Waals surface area contributed by atoms with Crippen molar-refractivity contribution in [3.8, 4) is 0 Å². The minimum absolute atomic E-state index is 0.0358. The summed E-state index contributed by atoms with van der Waals surface area (Å²) in [6, 6.07) is 0. The van der Waals surface area contributed by atoms with Crippen molar-refractivity contribution in [1.29, 1.82) is 0 Å². The molecule has 1 amide bonds. The van der Waals surface area contributed by atoms with E-state index in [-0.39, 0.29) is 12.5 Å². The van der Waals surface area contributed by atoms with Gasteiger partial charge in [0.15, 0.2) is 0 Å². The summed E-state index contributed by atoms with van der Waals surface area (Å²) >= 11 is 0. The van der Waals surface area contributed by atoms with Crippen LogP contribution in [0, 0.1) is 0 Å². The molecule has 1 N–H and O–H groups in total. The largest absolute Gasteiger partial charge is 0.395 e. The lowest BCUT2D eigenvalue weighted by Gasteiger charge is -2.34. The van der Waals surface area contributed by atoms with Gasteiger partial charge < -0.3 is 14.6 Å². The van der Waals surface area contributed by atoms with Gasteiger partial charge in [0.25, 0.3) is 5.91 Å². The Hall–Kier alpha value is -1.40. The van der Waals surface area contributed by atoms with Crippen LogP contribution in [0.25, 0.3) is 0 Å². The molecule has 2 heterocycles. The predicted octanol–water partition coefficient (Wildman–Crippen LogP) is -0.830. The molecule has 1 fully saturated rings. The number of rotatable bonds is 3. The number of amides is 1.